The van der Waals surface area contributed by atoms with Crippen LogP contribution in [0.25, 0.3) is 0 Å². The molecule has 1 aromatic carbocycles. The lowest BCUT2D eigenvalue weighted by Gasteiger charge is -2.08. The molecule has 2 rings (SSSR count). The maximum atomic E-state index is 11.5. The summed E-state index contributed by atoms with van der Waals surface area (Å²) in [6, 6.07) is 8.79. The van der Waals surface area contributed by atoms with Crippen molar-refractivity contribution in [3.8, 4) is 5.75 Å². The smallest absolute Gasteiger partial charge is 0.310 e. The lowest BCUT2D eigenvalue weighted by atomic mass is 10.2. The lowest BCUT2D eigenvalue weighted by Crippen LogP contribution is -2.32. The van der Waals surface area contributed by atoms with Crippen molar-refractivity contribution in [3.63, 3.8) is 0 Å². The second-order valence-corrected chi connectivity index (χ2v) is 5.84. The number of amides is 1. The molecule has 5 nitrogen and oxygen atoms in total. The average Bonchev–Trinajstić information content (AvgIpc) is 3.04. The van der Waals surface area contributed by atoms with Gasteiger partial charge in [-0.1, -0.05) is 11.6 Å². The first-order valence-electron chi connectivity index (χ1n) is 6.95. The van der Waals surface area contributed by atoms with Crippen molar-refractivity contribution in [2.75, 3.05) is 19.8 Å². The molecule has 0 aliphatic heterocycles. The van der Waals surface area contributed by atoms with E-state index in [1.807, 2.05) is 16.8 Å². The fourth-order valence-corrected chi connectivity index (χ4v) is 2.49. The first-order chi connectivity index (χ1) is 11.1. The predicted molar refractivity (Wildman–Crippen MR) is 88.9 cm³/mol. The molecule has 0 atom stereocenters. The monoisotopic (exact) mass is 353 g/mol. The molecule has 0 saturated heterocycles. The number of carbonyl (C=O) groups excluding carboxylic acids is 2. The van der Waals surface area contributed by atoms with Gasteiger partial charge in [-0.2, -0.15) is 11.3 Å². The minimum absolute atomic E-state index is 0.177. The Morgan fingerprint density at radius 2 is 1.96 bits per heavy atom. The van der Waals surface area contributed by atoms with E-state index in [1.165, 1.54) is 11.3 Å². The van der Waals surface area contributed by atoms with Crippen molar-refractivity contribution < 1.29 is 19.1 Å². The van der Waals surface area contributed by atoms with Crippen LogP contribution in [0.2, 0.25) is 5.02 Å². The van der Waals surface area contributed by atoms with Crippen LogP contribution < -0.4 is 10.1 Å². The van der Waals surface area contributed by atoms with E-state index >= 15 is 0 Å². The number of rotatable bonds is 8. The quantitative estimate of drug-likeness (QED) is 0.585. The maximum absolute atomic E-state index is 11.5. The molecule has 0 spiro atoms. The van der Waals surface area contributed by atoms with Crippen LogP contribution in [0.1, 0.15) is 5.56 Å². The van der Waals surface area contributed by atoms with Gasteiger partial charge in [-0.15, -0.1) is 0 Å². The number of ether oxygens (including phenoxy) is 2. The number of nitrogens with one attached hydrogen (secondary N) is 1. The zero-order valence-electron chi connectivity index (χ0n) is 12.3. The van der Waals surface area contributed by atoms with E-state index in [0.29, 0.717) is 23.9 Å². The van der Waals surface area contributed by atoms with Crippen LogP contribution >= 0.6 is 22.9 Å². The molecule has 1 aromatic heterocycles. The van der Waals surface area contributed by atoms with Crippen molar-refractivity contribution in [1.29, 1.82) is 0 Å². The molecule has 0 fully saturated rings. The van der Waals surface area contributed by atoms with Crippen LogP contribution in [0.3, 0.4) is 0 Å². The Hall–Kier alpha value is -2.05. The van der Waals surface area contributed by atoms with Gasteiger partial charge in [0.1, 0.15) is 12.4 Å². The molecule has 0 radical (unpaired) electrons. The normalized spacial score (nSPS) is 10.1. The number of esters is 1. The van der Waals surface area contributed by atoms with E-state index in [9.17, 15) is 9.59 Å². The second-order valence-electron chi connectivity index (χ2n) is 4.62. The molecular weight excluding hydrogens is 338 g/mol. The minimum atomic E-state index is -0.420. The largest absolute Gasteiger partial charge is 0.492 e. The summed E-state index contributed by atoms with van der Waals surface area (Å²) in [5.74, 6) is -0.106. The maximum Gasteiger partial charge on any atom is 0.310 e. The number of hydrogen-bond acceptors (Lipinski definition) is 5. The van der Waals surface area contributed by atoms with Gasteiger partial charge in [-0.3, -0.25) is 9.59 Å². The fraction of sp³-hybridized carbons (Fsp3) is 0.250. The van der Waals surface area contributed by atoms with Gasteiger partial charge in [0.25, 0.3) is 5.91 Å². The molecule has 0 unspecified atom stereocenters. The highest BCUT2D eigenvalue weighted by molar-refractivity contribution is 7.07. The summed E-state index contributed by atoms with van der Waals surface area (Å²) in [6.07, 6.45) is 0.177. The summed E-state index contributed by atoms with van der Waals surface area (Å²) in [5.41, 5.74) is 0.886. The Labute approximate surface area is 143 Å². The van der Waals surface area contributed by atoms with E-state index < -0.39 is 5.97 Å². The molecular formula is C16H16ClNO4S. The molecule has 1 heterocycles. The van der Waals surface area contributed by atoms with Crippen molar-refractivity contribution in [2.45, 2.75) is 6.42 Å². The number of benzene rings is 1. The van der Waals surface area contributed by atoms with Gasteiger partial charge in [0.15, 0.2) is 6.61 Å². The Kier molecular flexibility index (Phi) is 6.90. The molecule has 122 valence electrons. The van der Waals surface area contributed by atoms with E-state index in [4.69, 9.17) is 21.1 Å². The van der Waals surface area contributed by atoms with Crippen LogP contribution in [0.4, 0.5) is 0 Å². The van der Waals surface area contributed by atoms with Crippen molar-refractivity contribution in [3.05, 3.63) is 51.7 Å². The molecule has 0 aliphatic rings. The van der Waals surface area contributed by atoms with E-state index in [0.717, 1.165) is 5.56 Å². The lowest BCUT2D eigenvalue weighted by molar-refractivity contribution is -0.147. The van der Waals surface area contributed by atoms with Gasteiger partial charge < -0.3 is 14.8 Å². The molecule has 23 heavy (non-hydrogen) atoms. The zero-order chi connectivity index (χ0) is 16.5. The van der Waals surface area contributed by atoms with Gasteiger partial charge in [-0.25, -0.2) is 0 Å². The first-order valence-corrected chi connectivity index (χ1v) is 8.27. The van der Waals surface area contributed by atoms with Crippen LogP contribution in [0.5, 0.6) is 5.75 Å². The highest BCUT2D eigenvalue weighted by atomic mass is 35.5. The molecule has 2 aromatic rings. The van der Waals surface area contributed by atoms with Crippen molar-refractivity contribution in [1.82, 2.24) is 5.32 Å². The molecule has 0 bridgehead atoms. The molecule has 1 N–H and O–H groups in total. The highest BCUT2D eigenvalue weighted by Crippen LogP contribution is 2.15. The summed E-state index contributed by atoms with van der Waals surface area (Å²) in [4.78, 5) is 23.1. The van der Waals surface area contributed by atoms with E-state index in [2.05, 4.69) is 5.32 Å². The Morgan fingerprint density at radius 3 is 2.65 bits per heavy atom. The van der Waals surface area contributed by atoms with Crippen molar-refractivity contribution >= 4 is 34.8 Å². The number of hydrogen-bond donors (Lipinski definition) is 1. The first kappa shape index (κ1) is 17.3. The van der Waals surface area contributed by atoms with Crippen LogP contribution in [0.15, 0.2) is 41.1 Å². The third-order valence-electron chi connectivity index (χ3n) is 2.80. The SMILES string of the molecule is O=C(COC(=O)Cc1ccsc1)NCCOc1ccc(Cl)cc1. The second kappa shape index (κ2) is 9.17. The van der Waals surface area contributed by atoms with Crippen LogP contribution in [0, 0.1) is 0 Å². The van der Waals surface area contributed by atoms with Gasteiger partial charge in [0.2, 0.25) is 0 Å². The van der Waals surface area contributed by atoms with Crippen molar-refractivity contribution in [2.24, 2.45) is 0 Å². The van der Waals surface area contributed by atoms with Gasteiger partial charge in [0, 0.05) is 5.02 Å². The number of halogens is 1. The standard InChI is InChI=1S/C16H16ClNO4S/c17-13-1-3-14(4-2-13)21-7-6-18-15(19)10-22-16(20)9-12-5-8-23-11-12/h1-5,8,11H,6-7,9-10H2,(H,18,19). The van der Waals surface area contributed by atoms with Crippen LogP contribution in [-0.4, -0.2) is 31.6 Å². The minimum Gasteiger partial charge on any atom is -0.492 e. The molecule has 0 saturated carbocycles. The fourth-order valence-electron chi connectivity index (χ4n) is 1.70. The molecule has 1 amide bonds. The van der Waals surface area contributed by atoms with Crippen LogP contribution in [-0.2, 0) is 20.7 Å². The third-order valence-corrected chi connectivity index (χ3v) is 3.78. The Bertz CT molecular complexity index is 628. The topological polar surface area (TPSA) is 64.6 Å². The number of thiophene rings is 1. The summed E-state index contributed by atoms with van der Waals surface area (Å²) in [7, 11) is 0. The number of carbonyl (C=O) groups is 2. The van der Waals surface area contributed by atoms with E-state index in [1.54, 1.807) is 24.3 Å². The summed E-state index contributed by atoms with van der Waals surface area (Å²) < 4.78 is 10.3. The summed E-state index contributed by atoms with van der Waals surface area (Å²) >= 11 is 7.28. The Balaban J connectivity index is 1.56. The average molecular weight is 354 g/mol. The Morgan fingerprint density at radius 1 is 1.17 bits per heavy atom. The van der Waals surface area contributed by atoms with E-state index in [-0.39, 0.29) is 18.9 Å². The molecule has 7 heteroatoms. The highest BCUT2D eigenvalue weighted by Gasteiger charge is 2.08. The summed E-state index contributed by atoms with van der Waals surface area (Å²) in [6.45, 7) is 0.351. The van der Waals surface area contributed by atoms with Gasteiger partial charge >= 0.3 is 5.97 Å². The zero-order valence-corrected chi connectivity index (χ0v) is 13.9. The summed E-state index contributed by atoms with van der Waals surface area (Å²) in [5, 5.41) is 7.00. The molecule has 0 aliphatic carbocycles. The van der Waals surface area contributed by atoms with Gasteiger partial charge in [-0.05, 0) is 46.7 Å². The predicted octanol–water partition coefficient (Wildman–Crippen LogP) is 2.68. The third kappa shape index (κ3) is 6.71. The van der Waals surface area contributed by atoms with Gasteiger partial charge in [0.05, 0.1) is 13.0 Å².